The van der Waals surface area contributed by atoms with Crippen LogP contribution in [0.25, 0.3) is 0 Å². The summed E-state index contributed by atoms with van der Waals surface area (Å²) in [4.78, 5) is 18.4. The van der Waals surface area contributed by atoms with Crippen molar-refractivity contribution in [3.63, 3.8) is 0 Å². The normalized spacial score (nSPS) is 16.5. The highest BCUT2D eigenvalue weighted by Gasteiger charge is 2.33. The summed E-state index contributed by atoms with van der Waals surface area (Å²) >= 11 is 1.69. The van der Waals surface area contributed by atoms with Crippen molar-refractivity contribution in [1.82, 2.24) is 9.80 Å². The number of halogens is 1. The van der Waals surface area contributed by atoms with Gasteiger partial charge in [0, 0.05) is 31.1 Å². The van der Waals surface area contributed by atoms with Crippen LogP contribution in [0.4, 0.5) is 4.39 Å². The van der Waals surface area contributed by atoms with E-state index in [1.54, 1.807) is 29.5 Å². The number of fused-ring (bicyclic) bond motifs is 1. The molecule has 0 fully saturated rings. The van der Waals surface area contributed by atoms with Gasteiger partial charge in [0.1, 0.15) is 18.2 Å². The van der Waals surface area contributed by atoms with E-state index in [0.29, 0.717) is 37.9 Å². The number of carbonyl (C=O) groups excluding carboxylic acids is 1. The number of hydrogen-bond donors (Lipinski definition) is 1. The monoisotopic (exact) mass is 490 g/mol. The summed E-state index contributed by atoms with van der Waals surface area (Å²) in [6.07, 6.45) is 1.85. The van der Waals surface area contributed by atoms with Crippen molar-refractivity contribution in [3.05, 3.63) is 64.6 Å². The summed E-state index contributed by atoms with van der Waals surface area (Å²) in [5.74, 6) is 0.616. The van der Waals surface area contributed by atoms with Gasteiger partial charge in [0.2, 0.25) is 5.91 Å². The van der Waals surface area contributed by atoms with Crippen molar-refractivity contribution >= 4 is 17.2 Å². The highest BCUT2D eigenvalue weighted by atomic mass is 32.1. The van der Waals surface area contributed by atoms with Crippen LogP contribution in [0.15, 0.2) is 48.4 Å². The number of carbonyl (C=O) groups is 1. The van der Waals surface area contributed by atoms with E-state index in [1.165, 1.54) is 17.0 Å². The Morgan fingerprint density at radius 3 is 2.79 bits per heavy atom. The molecule has 2 unspecified atom stereocenters. The lowest BCUT2D eigenvalue weighted by Gasteiger charge is -2.37. The van der Waals surface area contributed by atoms with E-state index in [4.69, 9.17) is 9.47 Å². The summed E-state index contributed by atoms with van der Waals surface area (Å²) < 4.78 is 24.7. The Balaban J connectivity index is 1.64. The van der Waals surface area contributed by atoms with Gasteiger partial charge in [-0.2, -0.15) is 0 Å². The Hall–Kier alpha value is -2.26. The molecule has 0 saturated heterocycles. The predicted molar refractivity (Wildman–Crippen MR) is 133 cm³/mol. The Bertz CT molecular complexity index is 918. The molecule has 3 rings (SSSR count). The SMILES string of the molecule is C=CCN(CC(=O)N1CCc2sccc2C1COc1ccc(F)cc1)CC(O)COCC(C)C. The molecule has 1 aromatic carbocycles. The minimum atomic E-state index is -0.686. The Morgan fingerprint density at radius 2 is 2.09 bits per heavy atom. The van der Waals surface area contributed by atoms with E-state index in [9.17, 15) is 14.3 Å². The average Bonchev–Trinajstić information content (AvgIpc) is 3.27. The molecule has 2 aromatic rings. The van der Waals surface area contributed by atoms with Gasteiger partial charge in [0.15, 0.2) is 0 Å². The quantitative estimate of drug-likeness (QED) is 0.432. The first kappa shape index (κ1) is 26.3. The summed E-state index contributed by atoms with van der Waals surface area (Å²) in [7, 11) is 0. The fourth-order valence-electron chi connectivity index (χ4n) is 4.04. The summed E-state index contributed by atoms with van der Waals surface area (Å²) in [6.45, 7) is 10.6. The number of nitrogens with zero attached hydrogens (tertiary/aromatic N) is 2. The van der Waals surface area contributed by atoms with Gasteiger partial charge in [-0.25, -0.2) is 4.39 Å². The standard InChI is InChI=1S/C26H35FN2O4S/c1-4-11-28(14-21(30)17-32-16-19(2)3)15-26(31)29-12-9-25-23(10-13-34-25)24(29)18-33-22-7-5-20(27)6-8-22/h4-8,10,13,19,21,24,30H,1,9,11-12,14-18H2,2-3H3. The van der Waals surface area contributed by atoms with Gasteiger partial charge in [-0.3, -0.25) is 9.69 Å². The second-order valence-corrected chi connectivity index (χ2v) is 9.99. The van der Waals surface area contributed by atoms with Crippen LogP contribution in [0.1, 0.15) is 30.3 Å². The molecule has 186 valence electrons. The van der Waals surface area contributed by atoms with Gasteiger partial charge >= 0.3 is 0 Å². The first-order chi connectivity index (χ1) is 16.4. The molecule has 0 bridgehead atoms. The molecule has 1 aromatic heterocycles. The fourth-order valence-corrected chi connectivity index (χ4v) is 4.97. The number of hydrogen-bond acceptors (Lipinski definition) is 6. The van der Waals surface area contributed by atoms with Gasteiger partial charge in [0.05, 0.1) is 25.3 Å². The van der Waals surface area contributed by atoms with Crippen LogP contribution in [0.3, 0.4) is 0 Å². The molecule has 1 amide bonds. The smallest absolute Gasteiger partial charge is 0.237 e. The van der Waals surface area contributed by atoms with E-state index < -0.39 is 6.10 Å². The second-order valence-electron chi connectivity index (χ2n) is 8.98. The third-order valence-corrected chi connectivity index (χ3v) is 6.61. The molecule has 2 atom stereocenters. The van der Waals surface area contributed by atoms with Crippen molar-refractivity contribution < 1.29 is 23.8 Å². The second kappa shape index (κ2) is 13.0. The Kier molecular flexibility index (Phi) is 10.1. The molecule has 8 heteroatoms. The molecule has 1 aliphatic rings. The number of benzene rings is 1. The van der Waals surface area contributed by atoms with Crippen molar-refractivity contribution in [2.45, 2.75) is 32.4 Å². The molecule has 0 aliphatic carbocycles. The predicted octanol–water partition coefficient (Wildman–Crippen LogP) is 3.91. The van der Waals surface area contributed by atoms with Gasteiger partial charge in [-0.1, -0.05) is 19.9 Å². The molecular formula is C26H35FN2O4S. The summed E-state index contributed by atoms with van der Waals surface area (Å²) in [5.41, 5.74) is 1.10. The number of thiophene rings is 1. The fraction of sp³-hybridized carbons (Fsp3) is 0.500. The zero-order valence-corrected chi connectivity index (χ0v) is 20.8. The van der Waals surface area contributed by atoms with Crippen molar-refractivity contribution in [1.29, 1.82) is 0 Å². The highest BCUT2D eigenvalue weighted by molar-refractivity contribution is 7.10. The molecule has 0 saturated carbocycles. The van der Waals surface area contributed by atoms with Crippen LogP contribution >= 0.6 is 11.3 Å². The van der Waals surface area contributed by atoms with E-state index in [1.807, 2.05) is 15.2 Å². The lowest BCUT2D eigenvalue weighted by molar-refractivity contribution is -0.136. The van der Waals surface area contributed by atoms with Crippen LogP contribution in [-0.4, -0.2) is 72.9 Å². The van der Waals surface area contributed by atoms with Crippen LogP contribution in [-0.2, 0) is 16.0 Å². The van der Waals surface area contributed by atoms with Gasteiger partial charge < -0.3 is 19.5 Å². The van der Waals surface area contributed by atoms with Gasteiger partial charge in [-0.05, 0) is 53.6 Å². The molecule has 1 aliphatic heterocycles. The molecule has 2 heterocycles. The van der Waals surface area contributed by atoms with Gasteiger partial charge in [-0.15, -0.1) is 17.9 Å². The molecule has 1 N–H and O–H groups in total. The lowest BCUT2D eigenvalue weighted by Crippen LogP contribution is -2.48. The largest absolute Gasteiger partial charge is 0.491 e. The number of aliphatic hydroxyl groups is 1. The van der Waals surface area contributed by atoms with E-state index in [2.05, 4.69) is 26.5 Å². The van der Waals surface area contributed by atoms with Crippen molar-refractivity contribution in [3.8, 4) is 5.75 Å². The van der Waals surface area contributed by atoms with Crippen molar-refractivity contribution in [2.24, 2.45) is 5.92 Å². The third kappa shape index (κ3) is 7.63. The third-order valence-electron chi connectivity index (χ3n) is 5.61. The zero-order valence-electron chi connectivity index (χ0n) is 20.0. The Morgan fingerprint density at radius 1 is 1.32 bits per heavy atom. The minimum absolute atomic E-state index is 0.0262. The first-order valence-electron chi connectivity index (χ1n) is 11.7. The van der Waals surface area contributed by atoms with Crippen LogP contribution in [0.2, 0.25) is 0 Å². The van der Waals surface area contributed by atoms with Crippen LogP contribution in [0, 0.1) is 11.7 Å². The van der Waals surface area contributed by atoms with Crippen molar-refractivity contribution in [2.75, 3.05) is 46.0 Å². The first-order valence-corrected chi connectivity index (χ1v) is 12.6. The van der Waals surface area contributed by atoms with E-state index in [-0.39, 0.29) is 37.5 Å². The lowest BCUT2D eigenvalue weighted by atomic mass is 10.0. The molecule has 0 radical (unpaired) electrons. The summed E-state index contributed by atoms with van der Waals surface area (Å²) in [5, 5.41) is 12.4. The maximum atomic E-state index is 13.4. The molecule has 34 heavy (non-hydrogen) atoms. The molecule has 0 spiro atoms. The minimum Gasteiger partial charge on any atom is -0.491 e. The number of aliphatic hydroxyl groups excluding tert-OH is 1. The number of ether oxygens (including phenoxy) is 2. The average molecular weight is 491 g/mol. The van der Waals surface area contributed by atoms with Crippen LogP contribution < -0.4 is 4.74 Å². The summed E-state index contributed by atoms with van der Waals surface area (Å²) in [6, 6.07) is 7.73. The maximum Gasteiger partial charge on any atom is 0.237 e. The number of rotatable bonds is 13. The molecular weight excluding hydrogens is 455 g/mol. The van der Waals surface area contributed by atoms with Gasteiger partial charge in [0.25, 0.3) is 0 Å². The highest BCUT2D eigenvalue weighted by Crippen LogP contribution is 2.34. The maximum absolute atomic E-state index is 13.4. The number of amides is 1. The Labute approximate surface area is 205 Å². The van der Waals surface area contributed by atoms with E-state index in [0.717, 1.165) is 12.0 Å². The zero-order chi connectivity index (χ0) is 24.5. The van der Waals surface area contributed by atoms with E-state index >= 15 is 0 Å². The van der Waals surface area contributed by atoms with Crippen LogP contribution in [0.5, 0.6) is 5.75 Å². The molecule has 6 nitrogen and oxygen atoms in total. The topological polar surface area (TPSA) is 62.2 Å².